The maximum absolute atomic E-state index is 12.9. The molecule has 2 heterocycles. The van der Waals surface area contributed by atoms with E-state index < -0.39 is 0 Å². The zero-order valence-corrected chi connectivity index (χ0v) is 13.6. The molecule has 0 radical (unpaired) electrons. The van der Waals surface area contributed by atoms with Crippen LogP contribution in [0.25, 0.3) is 0 Å². The normalized spacial score (nSPS) is 12.0. The Morgan fingerprint density at radius 2 is 1.92 bits per heavy atom. The minimum absolute atomic E-state index is 0.0719. The number of hydrogen-bond donors (Lipinski definition) is 1. The second-order valence-corrected chi connectivity index (χ2v) is 5.38. The Hall–Kier alpha value is -2.96. The van der Waals surface area contributed by atoms with Crippen LogP contribution in [0.4, 0.5) is 10.3 Å². The first kappa shape index (κ1) is 15.9. The highest BCUT2D eigenvalue weighted by molar-refractivity contribution is 5.36. The first-order chi connectivity index (χ1) is 11.5. The third kappa shape index (κ3) is 3.51. The van der Waals surface area contributed by atoms with E-state index in [1.807, 2.05) is 20.8 Å². The SMILES string of the molecule is Cc1noc(C)c1[C@H](C)Nc1nccc(Oc2ccc(F)cc2)n1. The van der Waals surface area contributed by atoms with Gasteiger partial charge >= 0.3 is 0 Å². The Morgan fingerprint density at radius 3 is 2.58 bits per heavy atom. The Morgan fingerprint density at radius 1 is 1.17 bits per heavy atom. The summed E-state index contributed by atoms with van der Waals surface area (Å²) in [4.78, 5) is 8.50. The summed E-state index contributed by atoms with van der Waals surface area (Å²) in [5, 5.41) is 7.15. The van der Waals surface area contributed by atoms with Crippen LogP contribution in [0.15, 0.2) is 41.1 Å². The van der Waals surface area contributed by atoms with Crippen molar-refractivity contribution in [1.82, 2.24) is 15.1 Å². The molecule has 0 saturated heterocycles. The number of anilines is 1. The number of hydrogen-bond acceptors (Lipinski definition) is 6. The molecular formula is C17H17FN4O2. The Balaban J connectivity index is 1.74. The highest BCUT2D eigenvalue weighted by Gasteiger charge is 2.17. The standard InChI is InChI=1S/C17H17FN4O2/c1-10(16-11(2)22-24-12(16)3)20-17-19-9-8-15(21-17)23-14-6-4-13(18)5-7-14/h4-10H,1-3H3,(H,19,20,21)/t10-/m0/s1. The number of ether oxygens (including phenoxy) is 1. The predicted molar refractivity (Wildman–Crippen MR) is 86.5 cm³/mol. The van der Waals surface area contributed by atoms with Gasteiger partial charge in [-0.3, -0.25) is 0 Å². The average Bonchev–Trinajstić information content (AvgIpc) is 2.89. The number of benzene rings is 1. The molecule has 0 aliphatic carbocycles. The fourth-order valence-corrected chi connectivity index (χ4v) is 2.47. The molecule has 24 heavy (non-hydrogen) atoms. The molecule has 0 bridgehead atoms. The topological polar surface area (TPSA) is 73.1 Å². The van der Waals surface area contributed by atoms with Crippen molar-refractivity contribution in [3.8, 4) is 11.6 Å². The molecule has 1 atom stereocenters. The lowest BCUT2D eigenvalue weighted by atomic mass is 10.1. The first-order valence-electron chi connectivity index (χ1n) is 7.48. The van der Waals surface area contributed by atoms with Gasteiger partial charge in [-0.2, -0.15) is 4.98 Å². The monoisotopic (exact) mass is 328 g/mol. The van der Waals surface area contributed by atoms with E-state index in [1.165, 1.54) is 24.3 Å². The number of nitrogens with one attached hydrogen (secondary N) is 1. The lowest BCUT2D eigenvalue weighted by Crippen LogP contribution is -2.11. The van der Waals surface area contributed by atoms with Crippen LogP contribution in [0.1, 0.15) is 30.0 Å². The predicted octanol–water partition coefficient (Wildman–Crippen LogP) is 4.19. The van der Waals surface area contributed by atoms with E-state index in [2.05, 4.69) is 20.4 Å². The zero-order chi connectivity index (χ0) is 17.1. The van der Waals surface area contributed by atoms with Gasteiger partial charge in [-0.05, 0) is 45.0 Å². The van der Waals surface area contributed by atoms with Crippen LogP contribution < -0.4 is 10.1 Å². The first-order valence-corrected chi connectivity index (χ1v) is 7.48. The van der Waals surface area contributed by atoms with Crippen molar-refractivity contribution >= 4 is 5.95 Å². The van der Waals surface area contributed by atoms with Crippen LogP contribution in [0.3, 0.4) is 0 Å². The van der Waals surface area contributed by atoms with Crippen molar-refractivity contribution < 1.29 is 13.7 Å². The maximum Gasteiger partial charge on any atom is 0.226 e. The molecule has 3 aromatic rings. The Kier molecular flexibility index (Phi) is 4.41. The molecule has 0 aliphatic heterocycles. The molecule has 0 saturated carbocycles. The van der Waals surface area contributed by atoms with Gasteiger partial charge in [0.2, 0.25) is 11.8 Å². The van der Waals surface area contributed by atoms with Crippen LogP contribution in [0, 0.1) is 19.7 Å². The molecule has 0 amide bonds. The summed E-state index contributed by atoms with van der Waals surface area (Å²) in [6, 6.07) is 7.30. The quantitative estimate of drug-likeness (QED) is 0.757. The van der Waals surface area contributed by atoms with Crippen molar-refractivity contribution in [2.75, 3.05) is 5.32 Å². The molecule has 1 N–H and O–H groups in total. The maximum atomic E-state index is 12.9. The van der Waals surface area contributed by atoms with Gasteiger partial charge in [0.1, 0.15) is 17.3 Å². The molecule has 2 aromatic heterocycles. The summed E-state index contributed by atoms with van der Waals surface area (Å²) < 4.78 is 23.7. The van der Waals surface area contributed by atoms with Gasteiger partial charge in [0.25, 0.3) is 0 Å². The van der Waals surface area contributed by atoms with Gasteiger partial charge in [-0.1, -0.05) is 5.16 Å². The van der Waals surface area contributed by atoms with Gasteiger partial charge in [0.05, 0.1) is 11.7 Å². The van der Waals surface area contributed by atoms with Crippen molar-refractivity contribution in [2.24, 2.45) is 0 Å². The minimum atomic E-state index is -0.319. The van der Waals surface area contributed by atoms with Gasteiger partial charge in [-0.15, -0.1) is 0 Å². The molecule has 0 fully saturated rings. The fourth-order valence-electron chi connectivity index (χ4n) is 2.47. The van der Waals surface area contributed by atoms with E-state index in [9.17, 15) is 4.39 Å². The van der Waals surface area contributed by atoms with E-state index >= 15 is 0 Å². The summed E-state index contributed by atoms with van der Waals surface area (Å²) in [6.07, 6.45) is 1.59. The van der Waals surface area contributed by atoms with Gasteiger partial charge < -0.3 is 14.6 Å². The van der Waals surface area contributed by atoms with Gasteiger partial charge in [-0.25, -0.2) is 9.37 Å². The summed E-state index contributed by atoms with van der Waals surface area (Å²) >= 11 is 0. The molecule has 0 aliphatic rings. The van der Waals surface area contributed by atoms with Crippen LogP contribution >= 0.6 is 0 Å². The third-order valence-electron chi connectivity index (χ3n) is 3.53. The fraction of sp³-hybridized carbons (Fsp3) is 0.235. The van der Waals surface area contributed by atoms with Crippen LogP contribution in [-0.4, -0.2) is 15.1 Å². The molecule has 7 heteroatoms. The van der Waals surface area contributed by atoms with Crippen LogP contribution in [0.2, 0.25) is 0 Å². The molecule has 1 aromatic carbocycles. The second-order valence-electron chi connectivity index (χ2n) is 5.38. The molecular weight excluding hydrogens is 311 g/mol. The highest BCUT2D eigenvalue weighted by atomic mass is 19.1. The minimum Gasteiger partial charge on any atom is -0.439 e. The third-order valence-corrected chi connectivity index (χ3v) is 3.53. The smallest absolute Gasteiger partial charge is 0.226 e. The van der Waals surface area contributed by atoms with Crippen molar-refractivity contribution in [3.05, 3.63) is 59.4 Å². The van der Waals surface area contributed by atoms with Gasteiger partial charge in [0, 0.05) is 17.8 Å². The highest BCUT2D eigenvalue weighted by Crippen LogP contribution is 2.25. The number of aryl methyl sites for hydroxylation is 2. The van der Waals surface area contributed by atoms with Crippen molar-refractivity contribution in [3.63, 3.8) is 0 Å². The van der Waals surface area contributed by atoms with E-state index in [-0.39, 0.29) is 11.9 Å². The molecule has 124 valence electrons. The lowest BCUT2D eigenvalue weighted by molar-refractivity contribution is 0.392. The summed E-state index contributed by atoms with van der Waals surface area (Å²) in [5.41, 5.74) is 1.80. The van der Waals surface area contributed by atoms with E-state index in [0.29, 0.717) is 17.6 Å². The number of aromatic nitrogens is 3. The molecule has 0 unspecified atom stereocenters. The molecule has 3 rings (SSSR count). The lowest BCUT2D eigenvalue weighted by Gasteiger charge is -2.14. The second kappa shape index (κ2) is 6.66. The van der Waals surface area contributed by atoms with E-state index in [4.69, 9.17) is 9.26 Å². The van der Waals surface area contributed by atoms with Crippen molar-refractivity contribution in [1.29, 1.82) is 0 Å². The van der Waals surface area contributed by atoms with E-state index in [0.717, 1.165) is 17.0 Å². The average molecular weight is 328 g/mol. The van der Waals surface area contributed by atoms with E-state index in [1.54, 1.807) is 12.3 Å². The molecule has 6 nitrogen and oxygen atoms in total. The largest absolute Gasteiger partial charge is 0.439 e. The summed E-state index contributed by atoms with van der Waals surface area (Å²) in [6.45, 7) is 5.73. The number of nitrogens with zero attached hydrogens (tertiary/aromatic N) is 3. The summed E-state index contributed by atoms with van der Waals surface area (Å²) in [5.74, 6) is 1.72. The van der Waals surface area contributed by atoms with Crippen LogP contribution in [-0.2, 0) is 0 Å². The zero-order valence-electron chi connectivity index (χ0n) is 13.6. The van der Waals surface area contributed by atoms with Gasteiger partial charge in [0.15, 0.2) is 0 Å². The Labute approximate surface area is 138 Å². The molecule has 0 spiro atoms. The number of halogens is 1. The summed E-state index contributed by atoms with van der Waals surface area (Å²) in [7, 11) is 0. The van der Waals surface area contributed by atoms with Crippen LogP contribution in [0.5, 0.6) is 11.6 Å². The Bertz CT molecular complexity index is 813. The van der Waals surface area contributed by atoms with Crippen molar-refractivity contribution in [2.45, 2.75) is 26.8 Å². The number of rotatable bonds is 5.